The summed E-state index contributed by atoms with van der Waals surface area (Å²) in [5.74, 6) is -0.385. The van der Waals surface area contributed by atoms with Crippen LogP contribution in [0.15, 0.2) is 18.2 Å². The quantitative estimate of drug-likeness (QED) is 0.626. The zero-order chi connectivity index (χ0) is 12.1. The molecule has 86 valence electrons. The molecule has 0 atom stereocenters. The minimum absolute atomic E-state index is 0.00653. The molecule has 3 nitrogen and oxygen atoms in total. The van der Waals surface area contributed by atoms with Gasteiger partial charge in [0, 0.05) is 6.08 Å². The predicted octanol–water partition coefficient (Wildman–Crippen LogP) is 1.98. The fourth-order valence-electron chi connectivity index (χ4n) is 1.46. The first-order valence-corrected chi connectivity index (χ1v) is 5.05. The maximum atomic E-state index is 10.9. The molecule has 0 bridgehead atoms. The molecule has 0 saturated heterocycles. The summed E-state index contributed by atoms with van der Waals surface area (Å²) in [5, 5.41) is 9.18. The van der Waals surface area contributed by atoms with Gasteiger partial charge in [-0.2, -0.15) is 0 Å². The molecule has 1 aromatic rings. The van der Waals surface area contributed by atoms with Crippen LogP contribution in [0.25, 0.3) is 6.08 Å². The number of aryl methyl sites for hydroxylation is 1. The monoisotopic (exact) mass is 220 g/mol. The average molecular weight is 220 g/mol. The summed E-state index contributed by atoms with van der Waals surface area (Å²) in [4.78, 5) is 10.9. The minimum Gasteiger partial charge on any atom is -0.466 e. The van der Waals surface area contributed by atoms with Gasteiger partial charge in [0.05, 0.1) is 13.7 Å². The van der Waals surface area contributed by atoms with Crippen LogP contribution in [0.3, 0.4) is 0 Å². The number of aliphatic hydroxyl groups excluding tert-OH is 1. The van der Waals surface area contributed by atoms with Gasteiger partial charge in [-0.1, -0.05) is 6.07 Å². The van der Waals surface area contributed by atoms with E-state index in [0.29, 0.717) is 0 Å². The maximum absolute atomic E-state index is 10.9. The summed E-state index contributed by atoms with van der Waals surface area (Å²) in [7, 11) is 1.34. The smallest absolute Gasteiger partial charge is 0.330 e. The van der Waals surface area contributed by atoms with E-state index >= 15 is 0 Å². The normalized spacial score (nSPS) is 10.8. The van der Waals surface area contributed by atoms with Crippen molar-refractivity contribution < 1.29 is 14.6 Å². The number of methoxy groups -OCH3 is 1. The Morgan fingerprint density at radius 2 is 2.12 bits per heavy atom. The van der Waals surface area contributed by atoms with Crippen molar-refractivity contribution in [1.82, 2.24) is 0 Å². The molecule has 1 N–H and O–H groups in total. The fourth-order valence-corrected chi connectivity index (χ4v) is 1.46. The Balaban J connectivity index is 3.03. The molecule has 1 aromatic carbocycles. The summed E-state index contributed by atoms with van der Waals surface area (Å²) >= 11 is 0. The van der Waals surface area contributed by atoms with Gasteiger partial charge in [0.25, 0.3) is 0 Å². The molecule has 0 fully saturated rings. The predicted molar refractivity (Wildman–Crippen MR) is 62.9 cm³/mol. The summed E-state index contributed by atoms with van der Waals surface area (Å²) in [6.45, 7) is 3.95. The van der Waals surface area contributed by atoms with Gasteiger partial charge >= 0.3 is 5.97 Å². The van der Waals surface area contributed by atoms with Gasteiger partial charge in [-0.3, -0.25) is 0 Å². The number of carbonyl (C=O) groups is 1. The first-order valence-electron chi connectivity index (χ1n) is 5.05. The van der Waals surface area contributed by atoms with Gasteiger partial charge in [0.1, 0.15) is 0 Å². The molecule has 0 aliphatic rings. The van der Waals surface area contributed by atoms with Crippen LogP contribution in [0, 0.1) is 13.8 Å². The van der Waals surface area contributed by atoms with Crippen molar-refractivity contribution in [2.45, 2.75) is 20.5 Å². The van der Waals surface area contributed by atoms with E-state index in [0.717, 1.165) is 22.3 Å². The van der Waals surface area contributed by atoms with Crippen LogP contribution in [0.1, 0.15) is 22.3 Å². The Morgan fingerprint density at radius 3 is 2.69 bits per heavy atom. The molecular formula is C13H16O3. The largest absolute Gasteiger partial charge is 0.466 e. The summed E-state index contributed by atoms with van der Waals surface area (Å²) < 4.78 is 4.51. The number of aliphatic hydroxyl groups is 1. The molecule has 0 aliphatic heterocycles. The third-order valence-corrected chi connectivity index (χ3v) is 2.58. The van der Waals surface area contributed by atoms with Gasteiger partial charge in [-0.15, -0.1) is 0 Å². The first kappa shape index (κ1) is 12.5. The highest BCUT2D eigenvalue weighted by molar-refractivity contribution is 5.87. The Bertz CT molecular complexity index is 419. The highest BCUT2D eigenvalue weighted by Gasteiger charge is 2.02. The van der Waals surface area contributed by atoms with E-state index in [1.165, 1.54) is 13.2 Å². The molecule has 0 saturated carbocycles. The second-order valence-corrected chi connectivity index (χ2v) is 3.64. The lowest BCUT2D eigenvalue weighted by Gasteiger charge is -2.07. The number of ether oxygens (including phenoxy) is 1. The Hall–Kier alpha value is -1.61. The van der Waals surface area contributed by atoms with Crippen LogP contribution in [0.5, 0.6) is 0 Å². The number of rotatable bonds is 3. The molecular weight excluding hydrogens is 204 g/mol. The molecule has 0 aliphatic carbocycles. The Labute approximate surface area is 95.4 Å². The second kappa shape index (κ2) is 5.47. The lowest BCUT2D eigenvalue weighted by atomic mass is 10.00. The van der Waals surface area contributed by atoms with Crippen molar-refractivity contribution in [2.24, 2.45) is 0 Å². The zero-order valence-electron chi connectivity index (χ0n) is 9.78. The Morgan fingerprint density at radius 1 is 1.44 bits per heavy atom. The van der Waals surface area contributed by atoms with E-state index in [-0.39, 0.29) is 12.6 Å². The van der Waals surface area contributed by atoms with Crippen molar-refractivity contribution >= 4 is 12.0 Å². The molecule has 0 aromatic heterocycles. The van der Waals surface area contributed by atoms with Crippen molar-refractivity contribution in [3.63, 3.8) is 0 Å². The van der Waals surface area contributed by atoms with E-state index in [9.17, 15) is 9.90 Å². The highest BCUT2D eigenvalue weighted by Crippen LogP contribution is 2.17. The SMILES string of the molecule is COC(=O)/C=C/c1cc(C)c(C)c(CO)c1. The lowest BCUT2D eigenvalue weighted by molar-refractivity contribution is -0.134. The number of carbonyl (C=O) groups excluding carboxylic acids is 1. The van der Waals surface area contributed by atoms with Gasteiger partial charge in [0.2, 0.25) is 0 Å². The number of hydrogen-bond donors (Lipinski definition) is 1. The third-order valence-electron chi connectivity index (χ3n) is 2.58. The number of benzene rings is 1. The van der Waals surface area contributed by atoms with Crippen molar-refractivity contribution in [3.05, 3.63) is 40.5 Å². The average Bonchev–Trinajstić information content (AvgIpc) is 2.29. The van der Waals surface area contributed by atoms with Crippen LogP contribution < -0.4 is 0 Å². The first-order chi connectivity index (χ1) is 7.58. The van der Waals surface area contributed by atoms with E-state index < -0.39 is 0 Å². The van der Waals surface area contributed by atoms with E-state index in [4.69, 9.17) is 0 Å². The molecule has 0 radical (unpaired) electrons. The molecule has 0 unspecified atom stereocenters. The van der Waals surface area contributed by atoms with Gasteiger partial charge in [0.15, 0.2) is 0 Å². The van der Waals surface area contributed by atoms with Gasteiger partial charge in [-0.25, -0.2) is 4.79 Å². The van der Waals surface area contributed by atoms with Crippen molar-refractivity contribution in [3.8, 4) is 0 Å². The zero-order valence-corrected chi connectivity index (χ0v) is 9.78. The van der Waals surface area contributed by atoms with Crippen LogP contribution in [0.4, 0.5) is 0 Å². The molecule has 0 spiro atoms. The van der Waals surface area contributed by atoms with E-state index in [1.807, 2.05) is 26.0 Å². The topological polar surface area (TPSA) is 46.5 Å². The summed E-state index contributed by atoms with van der Waals surface area (Å²) in [6.07, 6.45) is 3.04. The standard InChI is InChI=1S/C13H16O3/c1-9-6-11(4-5-13(15)16-3)7-12(8-14)10(9)2/h4-7,14H,8H2,1-3H3/b5-4+. The lowest BCUT2D eigenvalue weighted by Crippen LogP contribution is -1.95. The van der Waals surface area contributed by atoms with Crippen LogP contribution in [-0.4, -0.2) is 18.2 Å². The van der Waals surface area contributed by atoms with Gasteiger partial charge in [-0.05, 0) is 48.2 Å². The van der Waals surface area contributed by atoms with Crippen LogP contribution in [0.2, 0.25) is 0 Å². The molecule has 16 heavy (non-hydrogen) atoms. The number of esters is 1. The molecule has 0 heterocycles. The van der Waals surface area contributed by atoms with Crippen molar-refractivity contribution in [2.75, 3.05) is 7.11 Å². The third kappa shape index (κ3) is 2.94. The van der Waals surface area contributed by atoms with Crippen molar-refractivity contribution in [1.29, 1.82) is 0 Å². The second-order valence-electron chi connectivity index (χ2n) is 3.64. The Kier molecular flexibility index (Phi) is 4.26. The summed E-state index contributed by atoms with van der Waals surface area (Å²) in [5.41, 5.74) is 3.94. The molecule has 3 heteroatoms. The molecule has 1 rings (SSSR count). The van der Waals surface area contributed by atoms with E-state index in [2.05, 4.69) is 4.74 Å². The fraction of sp³-hybridized carbons (Fsp3) is 0.308. The number of hydrogen-bond acceptors (Lipinski definition) is 3. The maximum Gasteiger partial charge on any atom is 0.330 e. The summed E-state index contributed by atoms with van der Waals surface area (Å²) in [6, 6.07) is 3.83. The highest BCUT2D eigenvalue weighted by atomic mass is 16.5. The van der Waals surface area contributed by atoms with E-state index in [1.54, 1.807) is 6.08 Å². The van der Waals surface area contributed by atoms with Gasteiger partial charge < -0.3 is 9.84 Å². The minimum atomic E-state index is -0.385. The molecule has 0 amide bonds. The van der Waals surface area contributed by atoms with Crippen LogP contribution in [-0.2, 0) is 16.1 Å². The van der Waals surface area contributed by atoms with Crippen LogP contribution >= 0.6 is 0 Å².